The van der Waals surface area contributed by atoms with Gasteiger partial charge < -0.3 is 10.6 Å². The molecule has 1 aromatic rings. The van der Waals surface area contributed by atoms with E-state index in [-0.39, 0.29) is 0 Å². The largest absolute Gasteiger partial charge is 0.380 e. The van der Waals surface area contributed by atoms with Gasteiger partial charge in [-0.1, -0.05) is 6.07 Å². The van der Waals surface area contributed by atoms with Crippen molar-refractivity contribution < 1.29 is 0 Å². The molecule has 2 atom stereocenters. The van der Waals surface area contributed by atoms with Crippen LogP contribution in [0.3, 0.4) is 0 Å². The highest BCUT2D eigenvalue weighted by Gasteiger charge is 2.26. The van der Waals surface area contributed by atoms with Crippen LogP contribution in [0.1, 0.15) is 24.5 Å². The first-order valence-electron chi connectivity index (χ1n) is 6.31. The Morgan fingerprint density at radius 3 is 2.82 bits per heavy atom. The van der Waals surface area contributed by atoms with Gasteiger partial charge in [0, 0.05) is 16.2 Å². The van der Waals surface area contributed by atoms with Gasteiger partial charge in [0.15, 0.2) is 0 Å². The van der Waals surface area contributed by atoms with Gasteiger partial charge in [0.1, 0.15) is 0 Å². The molecule has 94 valence electrons. The molecule has 0 bridgehead atoms. The van der Waals surface area contributed by atoms with E-state index in [9.17, 15) is 0 Å². The molecular formula is C14H22N2S. The van der Waals surface area contributed by atoms with Crippen LogP contribution in [0.15, 0.2) is 17.0 Å². The summed E-state index contributed by atoms with van der Waals surface area (Å²) in [5.41, 5.74) is 4.07. The molecule has 1 aliphatic heterocycles. The fourth-order valence-electron chi connectivity index (χ4n) is 2.39. The number of benzene rings is 1. The Bertz CT molecular complexity index is 403. The van der Waals surface area contributed by atoms with Crippen molar-refractivity contribution in [1.29, 1.82) is 0 Å². The molecule has 1 aliphatic rings. The molecule has 0 saturated carbocycles. The monoisotopic (exact) mass is 250 g/mol. The predicted octanol–water partition coefficient (Wildman–Crippen LogP) is 3.19. The first kappa shape index (κ1) is 12.8. The molecule has 2 unspecified atom stereocenters. The number of nitrogens with one attached hydrogen (secondary N) is 2. The maximum atomic E-state index is 3.67. The van der Waals surface area contributed by atoms with Crippen molar-refractivity contribution >= 4 is 17.4 Å². The molecule has 0 aromatic heterocycles. The smallest absolute Gasteiger partial charge is 0.0510 e. The number of hydrogen-bond acceptors (Lipinski definition) is 3. The molecule has 17 heavy (non-hydrogen) atoms. The quantitative estimate of drug-likeness (QED) is 0.861. The lowest BCUT2D eigenvalue weighted by Crippen LogP contribution is -2.34. The average molecular weight is 250 g/mol. The van der Waals surface area contributed by atoms with Crippen LogP contribution in [0.25, 0.3) is 0 Å². The van der Waals surface area contributed by atoms with Crippen LogP contribution >= 0.6 is 11.8 Å². The van der Waals surface area contributed by atoms with E-state index in [2.05, 4.69) is 43.5 Å². The Hall–Kier alpha value is -0.670. The van der Waals surface area contributed by atoms with Gasteiger partial charge >= 0.3 is 0 Å². The average Bonchev–Trinajstić information content (AvgIpc) is 2.27. The standard InChI is InChI=1S/C14H22N2S/c1-9-7-10(2)14-13(8-9)17-12(5-6-15-4)11(3)16-14/h7-8,11-12,15-16H,5-6H2,1-4H3. The Morgan fingerprint density at radius 1 is 1.35 bits per heavy atom. The molecular weight excluding hydrogens is 228 g/mol. The third-order valence-corrected chi connectivity index (χ3v) is 4.85. The van der Waals surface area contributed by atoms with Crippen molar-refractivity contribution in [2.24, 2.45) is 0 Å². The van der Waals surface area contributed by atoms with E-state index in [1.807, 2.05) is 18.8 Å². The van der Waals surface area contributed by atoms with Gasteiger partial charge in [-0.3, -0.25) is 0 Å². The summed E-state index contributed by atoms with van der Waals surface area (Å²) < 4.78 is 0. The van der Waals surface area contributed by atoms with Gasteiger partial charge in [0.25, 0.3) is 0 Å². The van der Waals surface area contributed by atoms with E-state index >= 15 is 0 Å². The Morgan fingerprint density at radius 2 is 2.12 bits per heavy atom. The van der Waals surface area contributed by atoms with Crippen LogP contribution in [0.2, 0.25) is 0 Å². The summed E-state index contributed by atoms with van der Waals surface area (Å²) >= 11 is 2.03. The Balaban J connectivity index is 2.21. The van der Waals surface area contributed by atoms with Gasteiger partial charge in [-0.05, 0) is 58.0 Å². The first-order chi connectivity index (χ1) is 8.11. The second kappa shape index (κ2) is 5.32. The van der Waals surface area contributed by atoms with Crippen LogP contribution in [0.4, 0.5) is 5.69 Å². The zero-order valence-corrected chi connectivity index (χ0v) is 11.9. The van der Waals surface area contributed by atoms with Crippen LogP contribution < -0.4 is 10.6 Å². The minimum absolute atomic E-state index is 0.544. The summed E-state index contributed by atoms with van der Waals surface area (Å²) in [5, 5.41) is 7.57. The normalized spacial score (nSPS) is 23.1. The summed E-state index contributed by atoms with van der Waals surface area (Å²) in [6, 6.07) is 5.10. The van der Waals surface area contributed by atoms with Crippen LogP contribution in [0, 0.1) is 13.8 Å². The molecule has 2 N–H and O–H groups in total. The molecule has 0 spiro atoms. The fourth-order valence-corrected chi connectivity index (χ4v) is 3.81. The molecule has 3 heteroatoms. The molecule has 0 aliphatic carbocycles. The molecule has 0 amide bonds. The number of aryl methyl sites for hydroxylation is 2. The van der Waals surface area contributed by atoms with Gasteiger partial charge in [0.05, 0.1) is 5.69 Å². The van der Waals surface area contributed by atoms with Gasteiger partial charge in [-0.15, -0.1) is 11.8 Å². The second-order valence-electron chi connectivity index (χ2n) is 4.94. The summed E-state index contributed by atoms with van der Waals surface area (Å²) in [6.45, 7) is 7.74. The van der Waals surface area contributed by atoms with E-state index in [0.29, 0.717) is 11.3 Å². The van der Waals surface area contributed by atoms with Crippen molar-refractivity contribution in [1.82, 2.24) is 5.32 Å². The highest BCUT2D eigenvalue weighted by Crippen LogP contribution is 2.41. The molecule has 1 aromatic carbocycles. The van der Waals surface area contributed by atoms with E-state index in [0.717, 1.165) is 6.54 Å². The molecule has 0 saturated heterocycles. The van der Waals surface area contributed by atoms with Crippen molar-refractivity contribution in [2.45, 2.75) is 43.4 Å². The van der Waals surface area contributed by atoms with Gasteiger partial charge in [-0.25, -0.2) is 0 Å². The lowest BCUT2D eigenvalue weighted by Gasteiger charge is -2.33. The van der Waals surface area contributed by atoms with Crippen molar-refractivity contribution in [3.8, 4) is 0 Å². The number of hydrogen-bond donors (Lipinski definition) is 2. The summed E-state index contributed by atoms with van der Waals surface area (Å²) in [5.74, 6) is 0. The lowest BCUT2D eigenvalue weighted by atomic mass is 10.1. The number of anilines is 1. The number of rotatable bonds is 3. The van der Waals surface area contributed by atoms with Crippen LogP contribution in [-0.4, -0.2) is 24.9 Å². The highest BCUT2D eigenvalue weighted by molar-refractivity contribution is 8.00. The SMILES string of the molecule is CNCCC1Sc2cc(C)cc(C)c2NC1C. The summed E-state index contributed by atoms with van der Waals surface area (Å²) in [6.07, 6.45) is 1.21. The van der Waals surface area contributed by atoms with Crippen molar-refractivity contribution in [2.75, 3.05) is 18.9 Å². The van der Waals surface area contributed by atoms with Gasteiger partial charge in [-0.2, -0.15) is 0 Å². The molecule has 0 radical (unpaired) electrons. The zero-order chi connectivity index (χ0) is 12.4. The second-order valence-corrected chi connectivity index (χ2v) is 6.22. The molecule has 2 nitrogen and oxygen atoms in total. The minimum atomic E-state index is 0.544. The number of fused-ring (bicyclic) bond motifs is 1. The minimum Gasteiger partial charge on any atom is -0.380 e. The van der Waals surface area contributed by atoms with Crippen LogP contribution in [0.5, 0.6) is 0 Å². The fraction of sp³-hybridized carbons (Fsp3) is 0.571. The molecule has 0 fully saturated rings. The van der Waals surface area contributed by atoms with E-state index in [1.54, 1.807) is 0 Å². The Kier molecular flexibility index (Phi) is 4.00. The number of thioether (sulfide) groups is 1. The summed E-state index contributed by atoms with van der Waals surface area (Å²) in [7, 11) is 2.02. The highest BCUT2D eigenvalue weighted by atomic mass is 32.2. The molecule has 1 heterocycles. The topological polar surface area (TPSA) is 24.1 Å². The maximum absolute atomic E-state index is 3.67. The molecule has 2 rings (SSSR count). The predicted molar refractivity (Wildman–Crippen MR) is 77.2 cm³/mol. The van der Waals surface area contributed by atoms with E-state index in [4.69, 9.17) is 0 Å². The zero-order valence-electron chi connectivity index (χ0n) is 11.1. The third-order valence-electron chi connectivity index (χ3n) is 3.33. The summed E-state index contributed by atoms with van der Waals surface area (Å²) in [4.78, 5) is 1.42. The van der Waals surface area contributed by atoms with Gasteiger partial charge in [0.2, 0.25) is 0 Å². The Labute approximate surface area is 109 Å². The lowest BCUT2D eigenvalue weighted by molar-refractivity contribution is 0.633. The van der Waals surface area contributed by atoms with E-state index in [1.165, 1.54) is 28.1 Å². The first-order valence-corrected chi connectivity index (χ1v) is 7.19. The third kappa shape index (κ3) is 2.78. The van der Waals surface area contributed by atoms with E-state index < -0.39 is 0 Å². The van der Waals surface area contributed by atoms with Crippen molar-refractivity contribution in [3.05, 3.63) is 23.3 Å². The van der Waals surface area contributed by atoms with Crippen molar-refractivity contribution in [3.63, 3.8) is 0 Å². The maximum Gasteiger partial charge on any atom is 0.0510 e. The van der Waals surface area contributed by atoms with Crippen LogP contribution in [-0.2, 0) is 0 Å².